The summed E-state index contributed by atoms with van der Waals surface area (Å²) in [7, 11) is 0. The summed E-state index contributed by atoms with van der Waals surface area (Å²) in [6, 6.07) is 2.56. The molecular weight excluding hydrogens is 300 g/mol. The lowest BCUT2D eigenvalue weighted by Gasteiger charge is -2.32. The Bertz CT molecular complexity index is 548. The van der Waals surface area contributed by atoms with E-state index in [9.17, 15) is 4.79 Å². The number of piperidine rings is 1. The van der Waals surface area contributed by atoms with E-state index in [0.29, 0.717) is 24.3 Å². The molecule has 2 aliphatic heterocycles. The number of rotatable bonds is 5. The van der Waals surface area contributed by atoms with Crippen molar-refractivity contribution in [2.75, 3.05) is 26.2 Å². The van der Waals surface area contributed by atoms with Gasteiger partial charge in [-0.05, 0) is 65.1 Å². The molecule has 0 radical (unpaired) electrons. The third kappa shape index (κ3) is 4.32. The van der Waals surface area contributed by atoms with Crippen LogP contribution in [0.3, 0.4) is 0 Å². The van der Waals surface area contributed by atoms with Gasteiger partial charge in [0.25, 0.3) is 0 Å². The zero-order valence-electron chi connectivity index (χ0n) is 15.1. The Morgan fingerprint density at radius 2 is 1.96 bits per heavy atom. The number of hydrogen-bond acceptors (Lipinski definition) is 4. The van der Waals surface area contributed by atoms with Crippen molar-refractivity contribution in [3.05, 3.63) is 23.8 Å². The van der Waals surface area contributed by atoms with Crippen molar-refractivity contribution < 1.29 is 4.79 Å². The fraction of sp³-hybridized carbons (Fsp3) is 0.737. The van der Waals surface area contributed by atoms with E-state index in [0.717, 1.165) is 43.9 Å². The standard InChI is InChI=1S/C19H30N4O/c1-15(22-11-3-4-12-22)5-6-19(24)23-13-8-17(9-14-23)18-7-10-20-16(2)21-18/h7,10,15,17H,3-6,8-9,11-14H2,1-2H3/t15-/m1/s1. The first-order valence-corrected chi connectivity index (χ1v) is 9.45. The Labute approximate surface area is 145 Å². The van der Waals surface area contributed by atoms with Crippen LogP contribution in [0.5, 0.6) is 0 Å². The normalized spacial score (nSPS) is 21.2. The summed E-state index contributed by atoms with van der Waals surface area (Å²) in [5.74, 6) is 1.64. The molecule has 2 saturated heterocycles. The predicted molar refractivity (Wildman–Crippen MR) is 94.8 cm³/mol. The minimum absolute atomic E-state index is 0.332. The third-order valence-electron chi connectivity index (χ3n) is 5.60. The number of hydrogen-bond donors (Lipinski definition) is 0. The van der Waals surface area contributed by atoms with Crippen molar-refractivity contribution in [3.63, 3.8) is 0 Å². The van der Waals surface area contributed by atoms with Crippen LogP contribution in [0, 0.1) is 6.92 Å². The number of aryl methyl sites for hydroxylation is 1. The zero-order chi connectivity index (χ0) is 16.9. The Kier molecular flexibility index (Phi) is 5.82. The molecule has 1 aromatic heterocycles. The van der Waals surface area contributed by atoms with Gasteiger partial charge in [-0.25, -0.2) is 9.97 Å². The summed E-state index contributed by atoms with van der Waals surface area (Å²) in [6.07, 6.45) is 8.18. The second kappa shape index (κ2) is 8.06. The molecule has 0 bridgehead atoms. The maximum absolute atomic E-state index is 12.5. The molecule has 1 atom stereocenters. The fourth-order valence-electron chi connectivity index (χ4n) is 3.98. The molecule has 0 aromatic carbocycles. The molecule has 3 heterocycles. The first-order valence-electron chi connectivity index (χ1n) is 9.45. The maximum atomic E-state index is 12.5. The second-order valence-corrected chi connectivity index (χ2v) is 7.31. The van der Waals surface area contributed by atoms with Gasteiger partial charge in [-0.2, -0.15) is 0 Å². The highest BCUT2D eigenvalue weighted by Crippen LogP contribution is 2.27. The number of likely N-dealkylation sites (tertiary alicyclic amines) is 2. The van der Waals surface area contributed by atoms with E-state index in [1.807, 2.05) is 19.2 Å². The van der Waals surface area contributed by atoms with Gasteiger partial charge in [-0.3, -0.25) is 4.79 Å². The van der Waals surface area contributed by atoms with Crippen LogP contribution in [0.1, 0.15) is 62.9 Å². The Balaban J connectivity index is 1.43. The molecule has 0 N–H and O–H groups in total. The van der Waals surface area contributed by atoms with Crippen molar-refractivity contribution in [1.82, 2.24) is 19.8 Å². The highest BCUT2D eigenvalue weighted by Gasteiger charge is 2.25. The minimum atomic E-state index is 0.332. The summed E-state index contributed by atoms with van der Waals surface area (Å²) in [5, 5.41) is 0. The lowest BCUT2D eigenvalue weighted by Crippen LogP contribution is -2.39. The molecule has 0 saturated carbocycles. The van der Waals surface area contributed by atoms with Gasteiger partial charge >= 0.3 is 0 Å². The summed E-state index contributed by atoms with van der Waals surface area (Å²) in [5.41, 5.74) is 1.14. The van der Waals surface area contributed by atoms with Gasteiger partial charge < -0.3 is 9.80 Å². The van der Waals surface area contributed by atoms with Crippen LogP contribution in [-0.4, -0.2) is 57.9 Å². The van der Waals surface area contributed by atoms with Crippen LogP contribution in [0.4, 0.5) is 0 Å². The van der Waals surface area contributed by atoms with Crippen molar-refractivity contribution in [1.29, 1.82) is 0 Å². The molecule has 24 heavy (non-hydrogen) atoms. The molecule has 0 aliphatic carbocycles. The van der Waals surface area contributed by atoms with Crippen molar-refractivity contribution in [2.24, 2.45) is 0 Å². The smallest absolute Gasteiger partial charge is 0.222 e. The number of carbonyl (C=O) groups is 1. The SMILES string of the molecule is Cc1nccc(C2CCN(C(=O)CC[C@@H](C)N3CCCC3)CC2)n1. The summed E-state index contributed by atoms with van der Waals surface area (Å²) < 4.78 is 0. The molecule has 5 nitrogen and oxygen atoms in total. The van der Waals surface area contributed by atoms with Crippen LogP contribution in [0.25, 0.3) is 0 Å². The minimum Gasteiger partial charge on any atom is -0.343 e. The Morgan fingerprint density at radius 1 is 1.25 bits per heavy atom. The highest BCUT2D eigenvalue weighted by molar-refractivity contribution is 5.76. The van der Waals surface area contributed by atoms with Crippen LogP contribution >= 0.6 is 0 Å². The average molecular weight is 330 g/mol. The second-order valence-electron chi connectivity index (χ2n) is 7.31. The lowest BCUT2D eigenvalue weighted by molar-refractivity contribution is -0.132. The fourth-order valence-corrected chi connectivity index (χ4v) is 3.98. The van der Waals surface area contributed by atoms with Crippen LogP contribution in [0.15, 0.2) is 12.3 Å². The van der Waals surface area contributed by atoms with Crippen LogP contribution < -0.4 is 0 Å². The first kappa shape index (κ1) is 17.3. The van der Waals surface area contributed by atoms with Crippen LogP contribution in [-0.2, 0) is 4.79 Å². The third-order valence-corrected chi connectivity index (χ3v) is 5.60. The van der Waals surface area contributed by atoms with E-state index in [-0.39, 0.29) is 0 Å². The maximum Gasteiger partial charge on any atom is 0.222 e. The molecule has 1 aromatic rings. The van der Waals surface area contributed by atoms with E-state index >= 15 is 0 Å². The molecule has 2 fully saturated rings. The number of aromatic nitrogens is 2. The summed E-state index contributed by atoms with van der Waals surface area (Å²) in [6.45, 7) is 8.35. The van der Waals surface area contributed by atoms with E-state index in [1.54, 1.807) is 0 Å². The molecule has 5 heteroatoms. The number of amides is 1. The molecule has 1 amide bonds. The van der Waals surface area contributed by atoms with E-state index in [2.05, 4.69) is 26.7 Å². The molecule has 132 valence electrons. The van der Waals surface area contributed by atoms with Gasteiger partial charge in [0, 0.05) is 43.4 Å². The van der Waals surface area contributed by atoms with Crippen LogP contribution in [0.2, 0.25) is 0 Å². The Morgan fingerprint density at radius 3 is 2.62 bits per heavy atom. The highest BCUT2D eigenvalue weighted by atomic mass is 16.2. The first-order chi connectivity index (χ1) is 11.6. The van der Waals surface area contributed by atoms with Gasteiger partial charge in [0.05, 0.1) is 0 Å². The van der Waals surface area contributed by atoms with Crippen molar-refractivity contribution >= 4 is 5.91 Å². The van der Waals surface area contributed by atoms with Crippen molar-refractivity contribution in [2.45, 2.75) is 64.3 Å². The monoisotopic (exact) mass is 330 g/mol. The van der Waals surface area contributed by atoms with E-state index in [4.69, 9.17) is 0 Å². The quantitative estimate of drug-likeness (QED) is 0.833. The van der Waals surface area contributed by atoms with E-state index in [1.165, 1.54) is 25.9 Å². The predicted octanol–water partition coefficient (Wildman–Crippen LogP) is 2.76. The molecule has 0 unspecified atom stereocenters. The Hall–Kier alpha value is -1.49. The zero-order valence-corrected chi connectivity index (χ0v) is 15.1. The van der Waals surface area contributed by atoms with Gasteiger partial charge in [0.1, 0.15) is 5.82 Å². The lowest BCUT2D eigenvalue weighted by atomic mass is 9.93. The van der Waals surface area contributed by atoms with Gasteiger partial charge in [0.15, 0.2) is 0 Å². The summed E-state index contributed by atoms with van der Waals surface area (Å²) in [4.78, 5) is 25.8. The average Bonchev–Trinajstić information content (AvgIpc) is 3.14. The van der Waals surface area contributed by atoms with E-state index < -0.39 is 0 Å². The van der Waals surface area contributed by atoms with Crippen molar-refractivity contribution in [3.8, 4) is 0 Å². The molecule has 3 rings (SSSR count). The topological polar surface area (TPSA) is 49.3 Å². The van der Waals surface area contributed by atoms with Gasteiger partial charge in [-0.1, -0.05) is 0 Å². The number of carbonyl (C=O) groups excluding carboxylic acids is 1. The van der Waals surface area contributed by atoms with Gasteiger partial charge in [-0.15, -0.1) is 0 Å². The largest absolute Gasteiger partial charge is 0.343 e. The molecular formula is C19H30N4O. The molecule has 2 aliphatic rings. The molecule has 0 spiro atoms. The van der Waals surface area contributed by atoms with Gasteiger partial charge in [0.2, 0.25) is 5.91 Å². The number of nitrogens with zero attached hydrogens (tertiary/aromatic N) is 4. The summed E-state index contributed by atoms with van der Waals surface area (Å²) >= 11 is 0.